The Kier molecular flexibility index (Phi) is 8.16. The monoisotopic (exact) mass is 428 g/mol. The van der Waals surface area contributed by atoms with Gasteiger partial charge in [0.25, 0.3) is 5.91 Å². The molecule has 0 aliphatic carbocycles. The number of aryl methyl sites for hydroxylation is 1. The predicted octanol–water partition coefficient (Wildman–Crippen LogP) is 1.72. The van der Waals surface area contributed by atoms with Crippen LogP contribution in [0.2, 0.25) is 0 Å². The SMILES string of the molecule is CCc1ccccc1NC(=O)C[NH+]1CCN(C(=O)CSc2ccc(OC)cc2)CC1. The number of carbonyl (C=O) groups excluding carboxylic acids is 2. The van der Waals surface area contributed by atoms with Gasteiger partial charge >= 0.3 is 0 Å². The van der Waals surface area contributed by atoms with Crippen LogP contribution in [0.15, 0.2) is 53.4 Å². The number of rotatable bonds is 8. The first kappa shape index (κ1) is 22.2. The van der Waals surface area contributed by atoms with E-state index in [2.05, 4.69) is 12.2 Å². The maximum absolute atomic E-state index is 12.5. The van der Waals surface area contributed by atoms with E-state index in [0.29, 0.717) is 25.4 Å². The highest BCUT2D eigenvalue weighted by atomic mass is 32.2. The van der Waals surface area contributed by atoms with Crippen LogP contribution in [0.5, 0.6) is 5.75 Å². The van der Waals surface area contributed by atoms with Gasteiger partial charge in [0, 0.05) is 10.6 Å². The number of thioether (sulfide) groups is 1. The number of nitrogens with zero attached hydrogens (tertiary/aromatic N) is 1. The maximum Gasteiger partial charge on any atom is 0.279 e. The number of anilines is 1. The first-order valence-corrected chi connectivity index (χ1v) is 11.3. The number of amides is 2. The molecule has 2 aromatic rings. The van der Waals surface area contributed by atoms with E-state index in [1.54, 1.807) is 7.11 Å². The van der Waals surface area contributed by atoms with Gasteiger partial charge in [-0.1, -0.05) is 25.1 Å². The number of piperazine rings is 1. The van der Waals surface area contributed by atoms with Crippen molar-refractivity contribution in [3.8, 4) is 5.75 Å². The fourth-order valence-electron chi connectivity index (χ4n) is 3.53. The Labute approximate surface area is 182 Å². The van der Waals surface area contributed by atoms with Gasteiger partial charge in [-0.2, -0.15) is 0 Å². The van der Waals surface area contributed by atoms with Crippen molar-refractivity contribution in [2.24, 2.45) is 0 Å². The molecule has 1 aliphatic heterocycles. The number of quaternary nitrogens is 1. The third-order valence-electron chi connectivity index (χ3n) is 5.33. The van der Waals surface area contributed by atoms with Crippen LogP contribution < -0.4 is 15.0 Å². The first-order valence-electron chi connectivity index (χ1n) is 10.3. The Balaban J connectivity index is 1.40. The van der Waals surface area contributed by atoms with Gasteiger partial charge in [-0.15, -0.1) is 11.8 Å². The Morgan fingerprint density at radius 1 is 1.10 bits per heavy atom. The third kappa shape index (κ3) is 6.24. The third-order valence-corrected chi connectivity index (χ3v) is 6.32. The zero-order valence-corrected chi connectivity index (χ0v) is 18.5. The summed E-state index contributed by atoms with van der Waals surface area (Å²) in [6.07, 6.45) is 0.888. The van der Waals surface area contributed by atoms with Crippen LogP contribution in [-0.2, 0) is 16.0 Å². The number of benzene rings is 2. The lowest BCUT2D eigenvalue weighted by Crippen LogP contribution is -3.15. The molecule has 0 aromatic heterocycles. The molecule has 1 heterocycles. The maximum atomic E-state index is 12.5. The minimum Gasteiger partial charge on any atom is -0.497 e. The molecule has 0 bridgehead atoms. The lowest BCUT2D eigenvalue weighted by Gasteiger charge is -2.32. The van der Waals surface area contributed by atoms with Gasteiger partial charge in [-0.3, -0.25) is 9.59 Å². The number of hydrogen-bond donors (Lipinski definition) is 2. The van der Waals surface area contributed by atoms with E-state index >= 15 is 0 Å². The molecule has 1 aliphatic rings. The van der Waals surface area contributed by atoms with E-state index < -0.39 is 0 Å². The molecule has 2 N–H and O–H groups in total. The van der Waals surface area contributed by atoms with Crippen molar-refractivity contribution < 1.29 is 19.2 Å². The summed E-state index contributed by atoms with van der Waals surface area (Å²) >= 11 is 1.54. The van der Waals surface area contributed by atoms with Crippen LogP contribution in [0.25, 0.3) is 0 Å². The summed E-state index contributed by atoms with van der Waals surface area (Å²) in [5, 5.41) is 3.04. The normalized spacial score (nSPS) is 14.4. The Morgan fingerprint density at radius 2 is 1.80 bits per heavy atom. The molecule has 2 amide bonds. The number of ether oxygens (including phenoxy) is 1. The van der Waals surface area contributed by atoms with Gasteiger partial charge < -0.3 is 19.9 Å². The van der Waals surface area contributed by atoms with Crippen LogP contribution in [0.4, 0.5) is 5.69 Å². The van der Waals surface area contributed by atoms with Gasteiger partial charge in [0.05, 0.1) is 39.0 Å². The van der Waals surface area contributed by atoms with Crippen molar-refractivity contribution in [3.05, 3.63) is 54.1 Å². The summed E-state index contributed by atoms with van der Waals surface area (Å²) in [5.74, 6) is 1.42. The van der Waals surface area contributed by atoms with Gasteiger partial charge in [0.1, 0.15) is 5.75 Å². The molecule has 0 radical (unpaired) electrons. The minimum atomic E-state index is 0.0285. The molecule has 7 heteroatoms. The Hall–Kier alpha value is -2.51. The summed E-state index contributed by atoms with van der Waals surface area (Å²) < 4.78 is 5.16. The average Bonchev–Trinajstić information content (AvgIpc) is 2.78. The zero-order chi connectivity index (χ0) is 21.3. The fraction of sp³-hybridized carbons (Fsp3) is 0.391. The molecule has 0 spiro atoms. The smallest absolute Gasteiger partial charge is 0.279 e. The van der Waals surface area contributed by atoms with Gasteiger partial charge in [-0.05, 0) is 42.3 Å². The van der Waals surface area contributed by atoms with Crippen LogP contribution in [0, 0.1) is 0 Å². The van der Waals surface area contributed by atoms with Crippen molar-refractivity contribution in [1.82, 2.24) is 4.90 Å². The topological polar surface area (TPSA) is 63.1 Å². The summed E-state index contributed by atoms with van der Waals surface area (Å²) in [6, 6.07) is 15.7. The molecule has 6 nitrogen and oxygen atoms in total. The van der Waals surface area contributed by atoms with E-state index in [-0.39, 0.29) is 11.8 Å². The second kappa shape index (κ2) is 11.0. The second-order valence-electron chi connectivity index (χ2n) is 7.33. The fourth-order valence-corrected chi connectivity index (χ4v) is 4.33. The van der Waals surface area contributed by atoms with Crippen molar-refractivity contribution in [2.45, 2.75) is 18.2 Å². The zero-order valence-electron chi connectivity index (χ0n) is 17.6. The molecular formula is C23H30N3O3S+. The molecule has 2 aromatic carbocycles. The number of methoxy groups -OCH3 is 1. The Bertz CT molecular complexity index is 849. The molecule has 1 saturated heterocycles. The highest BCUT2D eigenvalue weighted by Gasteiger charge is 2.25. The highest BCUT2D eigenvalue weighted by Crippen LogP contribution is 2.21. The highest BCUT2D eigenvalue weighted by molar-refractivity contribution is 8.00. The van der Waals surface area contributed by atoms with E-state index in [4.69, 9.17) is 4.74 Å². The van der Waals surface area contributed by atoms with E-state index in [1.165, 1.54) is 16.7 Å². The van der Waals surface area contributed by atoms with Crippen molar-refractivity contribution >= 4 is 29.3 Å². The van der Waals surface area contributed by atoms with E-state index in [9.17, 15) is 9.59 Å². The molecule has 1 fully saturated rings. The predicted molar refractivity (Wildman–Crippen MR) is 120 cm³/mol. The lowest BCUT2D eigenvalue weighted by atomic mass is 10.1. The molecule has 0 unspecified atom stereocenters. The van der Waals surface area contributed by atoms with Crippen LogP contribution in [0.3, 0.4) is 0 Å². The van der Waals surface area contributed by atoms with Gasteiger partial charge in [0.15, 0.2) is 6.54 Å². The van der Waals surface area contributed by atoms with Gasteiger partial charge in [-0.25, -0.2) is 0 Å². The molecule has 160 valence electrons. The standard InChI is InChI=1S/C23H29N3O3S/c1-3-18-6-4-5-7-21(18)24-22(27)16-25-12-14-26(15-13-25)23(28)17-30-20-10-8-19(29-2)9-11-20/h4-11H,3,12-17H2,1-2H3,(H,24,27)/p+1. The number of para-hydroxylation sites is 1. The minimum absolute atomic E-state index is 0.0285. The first-order chi connectivity index (χ1) is 14.6. The molecular weight excluding hydrogens is 398 g/mol. The van der Waals surface area contributed by atoms with Gasteiger partial charge in [0.2, 0.25) is 5.91 Å². The quantitative estimate of drug-likeness (QED) is 0.629. The van der Waals surface area contributed by atoms with Crippen LogP contribution in [0.1, 0.15) is 12.5 Å². The number of hydrogen-bond acceptors (Lipinski definition) is 4. The van der Waals surface area contributed by atoms with Crippen molar-refractivity contribution in [1.29, 1.82) is 0 Å². The van der Waals surface area contributed by atoms with Crippen molar-refractivity contribution in [3.63, 3.8) is 0 Å². The second-order valence-corrected chi connectivity index (χ2v) is 8.38. The lowest BCUT2D eigenvalue weighted by molar-refractivity contribution is -0.895. The van der Waals surface area contributed by atoms with E-state index in [0.717, 1.165) is 41.4 Å². The largest absolute Gasteiger partial charge is 0.497 e. The Morgan fingerprint density at radius 3 is 2.47 bits per heavy atom. The molecule has 0 atom stereocenters. The molecule has 30 heavy (non-hydrogen) atoms. The summed E-state index contributed by atoms with van der Waals surface area (Å²) in [4.78, 5) is 29.1. The van der Waals surface area contributed by atoms with Crippen molar-refractivity contribution in [2.75, 3.05) is 50.9 Å². The van der Waals surface area contributed by atoms with Crippen LogP contribution >= 0.6 is 11.8 Å². The summed E-state index contributed by atoms with van der Waals surface area (Å²) in [6.45, 7) is 5.48. The summed E-state index contributed by atoms with van der Waals surface area (Å²) in [5.41, 5.74) is 2.04. The summed E-state index contributed by atoms with van der Waals surface area (Å²) in [7, 11) is 1.64. The van der Waals surface area contributed by atoms with Crippen LogP contribution in [-0.4, -0.2) is 62.3 Å². The molecule has 3 rings (SSSR count). The molecule has 0 saturated carbocycles. The number of nitrogens with one attached hydrogen (secondary N) is 2. The average molecular weight is 429 g/mol. The number of carbonyl (C=O) groups is 2. The van der Waals surface area contributed by atoms with E-state index in [1.807, 2.05) is 53.4 Å².